The van der Waals surface area contributed by atoms with Crippen LogP contribution in [0.25, 0.3) is 11.0 Å². The first-order valence-electron chi connectivity index (χ1n) is 24.0. The SMILES string of the molecule is CC[C@H](C)[C@H](NC(=O)[C@H](C)NC(=O)[C@H](CC(N)=O)NC(=O)CNC(=O)[C@@H](NC(=O)[C@H](CCCN=C(N)N)NC(=O)[C@H](CCSC)NC=O)[C@@H](C)O)C(=O)NS(=O)(=O)OC[C@H]1O[C@@H](n2cnc3c([N+](=O)[O-])cccc32)[C@H](O)[C@@H]1O. The Labute approximate surface area is 450 Å². The van der Waals surface area contributed by atoms with Crippen molar-refractivity contribution in [1.82, 2.24) is 51.5 Å². The van der Waals surface area contributed by atoms with Crippen molar-refractivity contribution in [1.29, 1.82) is 0 Å². The lowest BCUT2D eigenvalue weighted by Crippen LogP contribution is -2.60. The lowest BCUT2D eigenvalue weighted by Gasteiger charge is -2.26. The smallest absolute Gasteiger partial charge is 0.362 e. The summed E-state index contributed by atoms with van der Waals surface area (Å²) >= 11 is 1.40. The Bertz CT molecular complexity index is 2620. The van der Waals surface area contributed by atoms with E-state index in [9.17, 15) is 77.0 Å². The minimum atomic E-state index is -5.04. The lowest BCUT2D eigenvalue weighted by atomic mass is 9.98. The van der Waals surface area contributed by atoms with Crippen molar-refractivity contribution < 1.29 is 80.7 Å². The van der Waals surface area contributed by atoms with Gasteiger partial charge in [-0.25, -0.2) is 9.71 Å². The number of nitro groups is 1. The first-order chi connectivity index (χ1) is 36.7. The molecule has 78 heavy (non-hydrogen) atoms. The van der Waals surface area contributed by atoms with Crippen molar-refractivity contribution in [2.24, 2.45) is 28.1 Å². The number of carbonyl (C=O) groups excluding carboxylic acids is 9. The number of ether oxygens (including phenoxy) is 1. The number of imidazole rings is 1. The van der Waals surface area contributed by atoms with Gasteiger partial charge in [-0.3, -0.25) is 62.4 Å². The van der Waals surface area contributed by atoms with Crippen molar-refractivity contribution in [2.75, 3.05) is 31.7 Å². The number of nitrogens with one attached hydrogen (secondary N) is 8. The van der Waals surface area contributed by atoms with Crippen LogP contribution in [0, 0.1) is 16.0 Å². The number of guanidine groups is 1. The molecule has 0 bridgehead atoms. The molecular weight excluding hydrogens is 1080 g/mol. The maximum absolute atomic E-state index is 13.5. The van der Waals surface area contributed by atoms with Crippen molar-refractivity contribution in [3.05, 3.63) is 34.6 Å². The number of fused-ring (bicyclic) bond motifs is 1. The predicted molar refractivity (Wildman–Crippen MR) is 275 cm³/mol. The summed E-state index contributed by atoms with van der Waals surface area (Å²) < 4.78 is 39.4. The highest BCUT2D eigenvalue weighted by Crippen LogP contribution is 2.34. The molecule has 33 nitrogen and oxygen atoms in total. The number of primary amides is 1. The summed E-state index contributed by atoms with van der Waals surface area (Å²) in [5, 5.41) is 59.5. The Hall–Kier alpha value is -7.31. The van der Waals surface area contributed by atoms with E-state index in [1.54, 1.807) is 17.9 Å². The van der Waals surface area contributed by atoms with Crippen molar-refractivity contribution in [2.45, 2.75) is 127 Å². The number of para-hydroxylation sites is 1. The zero-order chi connectivity index (χ0) is 58.6. The zero-order valence-electron chi connectivity index (χ0n) is 43.0. The molecule has 0 unspecified atom stereocenters. The Morgan fingerprint density at radius 1 is 0.910 bits per heavy atom. The molecule has 434 valence electrons. The van der Waals surface area contributed by atoms with Gasteiger partial charge in [0.1, 0.15) is 54.6 Å². The van der Waals surface area contributed by atoms with Crippen molar-refractivity contribution in [3.63, 3.8) is 0 Å². The van der Waals surface area contributed by atoms with Gasteiger partial charge in [-0.15, -0.1) is 0 Å². The zero-order valence-corrected chi connectivity index (χ0v) is 44.6. The van der Waals surface area contributed by atoms with E-state index in [2.05, 4.69) is 47.2 Å². The highest BCUT2D eigenvalue weighted by Gasteiger charge is 2.45. The molecule has 17 N–H and O–H groups in total. The molecule has 1 aromatic carbocycles. The maximum atomic E-state index is 13.5. The first-order valence-corrected chi connectivity index (χ1v) is 26.8. The average molecular weight is 1150 g/mol. The van der Waals surface area contributed by atoms with E-state index in [4.69, 9.17) is 26.1 Å². The second kappa shape index (κ2) is 30.6. The number of aliphatic hydroxyl groups excluding tert-OH is 3. The lowest BCUT2D eigenvalue weighted by molar-refractivity contribution is -0.383. The highest BCUT2D eigenvalue weighted by atomic mass is 32.2. The Balaban J connectivity index is 1.62. The summed E-state index contributed by atoms with van der Waals surface area (Å²) in [5.74, 6) is -9.08. The van der Waals surface area contributed by atoms with Gasteiger partial charge >= 0.3 is 10.3 Å². The Morgan fingerprint density at radius 2 is 1.56 bits per heavy atom. The Morgan fingerprint density at radius 3 is 2.17 bits per heavy atom. The van der Waals surface area contributed by atoms with Gasteiger partial charge in [-0.2, -0.15) is 20.2 Å². The number of aliphatic hydroxyl groups is 3. The third-order valence-corrected chi connectivity index (χ3v) is 13.4. The highest BCUT2D eigenvalue weighted by molar-refractivity contribution is 7.98. The average Bonchev–Trinajstić information content (AvgIpc) is 3.93. The number of hydrogen-bond acceptors (Lipinski definition) is 21. The summed E-state index contributed by atoms with van der Waals surface area (Å²) in [6, 6.07) is -5.04. The number of nitrogens with zero attached hydrogens (tertiary/aromatic N) is 4. The molecule has 0 spiro atoms. The summed E-state index contributed by atoms with van der Waals surface area (Å²) in [7, 11) is -5.04. The number of nitrogens with two attached hydrogens (primary N) is 3. The number of thioether (sulfide) groups is 1. The number of amides is 9. The second-order valence-electron chi connectivity index (χ2n) is 17.8. The molecule has 2 heterocycles. The number of benzene rings is 1. The van der Waals surface area contributed by atoms with Crippen LogP contribution in [-0.4, -0.2) is 190 Å². The fourth-order valence-electron chi connectivity index (χ4n) is 7.47. The van der Waals surface area contributed by atoms with Gasteiger partial charge in [0.05, 0.1) is 42.4 Å². The molecule has 9 amide bonds. The van der Waals surface area contributed by atoms with Crippen LogP contribution in [0.15, 0.2) is 29.5 Å². The van der Waals surface area contributed by atoms with Crippen LogP contribution < -0.4 is 59.1 Å². The van der Waals surface area contributed by atoms with Gasteiger partial charge in [-0.1, -0.05) is 26.3 Å². The molecule has 12 atom stereocenters. The van der Waals surface area contributed by atoms with Crippen LogP contribution in [0.4, 0.5) is 5.69 Å². The molecule has 2 aromatic rings. The molecule has 3 rings (SSSR count). The number of nitro benzene ring substituents is 1. The van der Waals surface area contributed by atoms with Crippen LogP contribution in [0.5, 0.6) is 0 Å². The van der Waals surface area contributed by atoms with Crippen LogP contribution in [0.2, 0.25) is 0 Å². The summed E-state index contributed by atoms with van der Waals surface area (Å²) in [6.45, 7) is 3.52. The molecule has 0 radical (unpaired) electrons. The number of hydrogen-bond donors (Lipinski definition) is 14. The van der Waals surface area contributed by atoms with E-state index in [0.29, 0.717) is 12.2 Å². The third kappa shape index (κ3) is 19.3. The quantitative estimate of drug-likeness (QED) is 0.00789. The number of rotatable bonds is 33. The summed E-state index contributed by atoms with van der Waals surface area (Å²) in [5.41, 5.74) is 15.8. The van der Waals surface area contributed by atoms with Crippen LogP contribution >= 0.6 is 11.8 Å². The fraction of sp³-hybridized carbons (Fsp3) is 0.605. The second-order valence-corrected chi connectivity index (χ2v) is 20.1. The molecule has 1 aliphatic rings. The molecule has 35 heteroatoms. The van der Waals surface area contributed by atoms with Crippen molar-refractivity contribution >= 4 is 98.4 Å². The van der Waals surface area contributed by atoms with Crippen LogP contribution in [0.1, 0.15) is 66.0 Å². The Kier molecular flexibility index (Phi) is 25.5. The van der Waals surface area contributed by atoms with Gasteiger partial charge in [0.2, 0.25) is 47.8 Å². The minimum absolute atomic E-state index is 0.0426. The predicted octanol–water partition coefficient (Wildman–Crippen LogP) is -6.28. The molecule has 1 fully saturated rings. The summed E-state index contributed by atoms with van der Waals surface area (Å²) in [4.78, 5) is 135. The molecule has 0 saturated carbocycles. The van der Waals surface area contributed by atoms with E-state index in [-0.39, 0.29) is 54.9 Å². The number of carbonyl (C=O) groups is 9. The number of non-ortho nitro benzene ring substituents is 1. The van der Waals surface area contributed by atoms with Gasteiger partial charge < -0.3 is 79.0 Å². The van der Waals surface area contributed by atoms with E-state index >= 15 is 0 Å². The maximum Gasteiger partial charge on any atom is 0.362 e. The normalized spacial score (nSPS) is 19.2. The fourth-order valence-corrected chi connectivity index (χ4v) is 8.68. The standard InChI is InChI=1S/C43H67N15O18S2/c1-6-20(2)31(41(70)56-78(73,74)75-17-28-34(63)35(64)42(76-28)57-18-49-33-26(57)10-7-11-27(33)58(71)72)54-36(65)21(3)51-39(68)25(15-29(44)61)52-30(62)16-48-40(69)32(22(4)60)55-38(67)24(9-8-13-47-43(45)46)53-37(66)23(50-19-59)12-14-77-5/h7,10-11,18-25,28,31-32,34-35,42,60,63-64H,6,8-9,12-17H2,1-5H3,(H2,44,61)(H,48,69)(H,50,59)(H,51,68)(H,52,62)(H,53,66)(H,54,65)(H,55,67)(H,56,70)(H4,45,46,47)/t20-,21-,22+,23-,24-,25-,28+,31-,32-,34+,35+,42+/m0/s1. The third-order valence-electron chi connectivity index (χ3n) is 11.9. The number of aromatic nitrogens is 2. The molecule has 1 saturated heterocycles. The first kappa shape index (κ1) is 65.0. The van der Waals surface area contributed by atoms with Gasteiger partial charge in [-0.05, 0) is 57.1 Å². The molecular formula is C43H67N15O18S2. The molecule has 1 aliphatic heterocycles. The van der Waals surface area contributed by atoms with E-state index in [0.717, 1.165) is 20.2 Å². The monoisotopic (exact) mass is 1150 g/mol. The van der Waals surface area contributed by atoms with Crippen LogP contribution in [-0.2, 0) is 62.4 Å². The van der Waals surface area contributed by atoms with Gasteiger partial charge in [0.25, 0.3) is 11.6 Å². The van der Waals surface area contributed by atoms with Gasteiger partial charge in [0.15, 0.2) is 17.7 Å². The molecule has 1 aromatic heterocycles. The van der Waals surface area contributed by atoms with E-state index in [1.807, 2.05) is 0 Å². The number of aliphatic imine (C=N–C) groups is 1. The van der Waals surface area contributed by atoms with E-state index in [1.165, 1.54) is 41.5 Å². The van der Waals surface area contributed by atoms with E-state index < -0.39 is 155 Å². The van der Waals surface area contributed by atoms with Crippen LogP contribution in [0.3, 0.4) is 0 Å². The topological polar surface area (TPSA) is 515 Å². The largest absolute Gasteiger partial charge is 0.391 e. The van der Waals surface area contributed by atoms with Gasteiger partial charge in [0, 0.05) is 12.6 Å². The summed E-state index contributed by atoms with van der Waals surface area (Å²) in [6.07, 6.45) is -5.18. The minimum Gasteiger partial charge on any atom is -0.391 e. The molecule has 0 aliphatic carbocycles. The van der Waals surface area contributed by atoms with Crippen molar-refractivity contribution in [3.8, 4) is 0 Å².